The number of hydrogen-bond acceptors (Lipinski definition) is 2. The first-order valence-electron chi connectivity index (χ1n) is 5.85. The molecule has 2 aromatic carbocycles. The van der Waals surface area contributed by atoms with E-state index in [1.165, 1.54) is 12.1 Å². The van der Waals surface area contributed by atoms with Crippen LogP contribution in [0.3, 0.4) is 0 Å². The van der Waals surface area contributed by atoms with E-state index < -0.39 is 12.7 Å². The lowest BCUT2D eigenvalue weighted by atomic mass is 10.0. The highest BCUT2D eigenvalue weighted by Gasteiger charge is 2.12. The van der Waals surface area contributed by atoms with Gasteiger partial charge in [-0.25, -0.2) is 0 Å². The third-order valence-corrected chi connectivity index (χ3v) is 2.79. The van der Waals surface area contributed by atoms with Crippen molar-refractivity contribution in [3.05, 3.63) is 65.2 Å². The van der Waals surface area contributed by atoms with Gasteiger partial charge in [-0.2, -0.15) is 8.78 Å². The van der Waals surface area contributed by atoms with Gasteiger partial charge in [-0.1, -0.05) is 42.0 Å². The zero-order valence-electron chi connectivity index (χ0n) is 10.4. The number of aliphatic hydroxyl groups is 1. The average Bonchev–Trinajstić information content (AvgIpc) is 2.38. The molecule has 0 saturated carbocycles. The molecule has 0 aliphatic carbocycles. The Bertz CT molecular complexity index is 538. The molecule has 0 aromatic heterocycles. The van der Waals surface area contributed by atoms with Crippen LogP contribution in [0.15, 0.2) is 48.5 Å². The standard InChI is InChI=1S/C15H14F2O2/c1-10-5-7-11(8-6-10)14(18)12-3-2-4-13(9-12)19-15(16)17/h2-9,14-15,18H,1H3. The van der Waals surface area contributed by atoms with Gasteiger partial charge < -0.3 is 9.84 Å². The summed E-state index contributed by atoms with van der Waals surface area (Å²) in [6.45, 7) is -0.917. The van der Waals surface area contributed by atoms with Crippen LogP contribution in [0.5, 0.6) is 5.75 Å². The molecule has 100 valence electrons. The Balaban J connectivity index is 2.23. The van der Waals surface area contributed by atoms with E-state index >= 15 is 0 Å². The summed E-state index contributed by atoms with van der Waals surface area (Å²) in [6.07, 6.45) is -0.859. The van der Waals surface area contributed by atoms with E-state index in [-0.39, 0.29) is 5.75 Å². The molecule has 2 aromatic rings. The van der Waals surface area contributed by atoms with Crippen LogP contribution in [0, 0.1) is 6.92 Å². The third-order valence-electron chi connectivity index (χ3n) is 2.79. The van der Waals surface area contributed by atoms with Gasteiger partial charge in [0.2, 0.25) is 0 Å². The number of aryl methyl sites for hydroxylation is 1. The number of alkyl halides is 2. The van der Waals surface area contributed by atoms with Gasteiger partial charge in [-0.15, -0.1) is 0 Å². The minimum Gasteiger partial charge on any atom is -0.435 e. The van der Waals surface area contributed by atoms with Gasteiger partial charge in [0.05, 0.1) is 0 Å². The first-order valence-corrected chi connectivity index (χ1v) is 5.85. The lowest BCUT2D eigenvalue weighted by Gasteiger charge is -2.13. The van der Waals surface area contributed by atoms with Gasteiger partial charge in [-0.05, 0) is 30.2 Å². The lowest BCUT2D eigenvalue weighted by molar-refractivity contribution is -0.0499. The van der Waals surface area contributed by atoms with E-state index in [2.05, 4.69) is 4.74 Å². The summed E-state index contributed by atoms with van der Waals surface area (Å²) in [5.74, 6) is 0.0404. The van der Waals surface area contributed by atoms with Gasteiger partial charge in [-0.3, -0.25) is 0 Å². The molecular weight excluding hydrogens is 250 g/mol. The van der Waals surface area contributed by atoms with Crippen molar-refractivity contribution in [3.63, 3.8) is 0 Å². The van der Waals surface area contributed by atoms with Crippen LogP contribution >= 0.6 is 0 Å². The Morgan fingerprint density at radius 3 is 2.32 bits per heavy atom. The van der Waals surface area contributed by atoms with Crippen molar-refractivity contribution >= 4 is 0 Å². The molecule has 1 N–H and O–H groups in total. The summed E-state index contributed by atoms with van der Waals surface area (Å²) in [7, 11) is 0. The molecular formula is C15H14F2O2. The molecule has 0 radical (unpaired) electrons. The zero-order valence-corrected chi connectivity index (χ0v) is 10.4. The molecule has 1 atom stereocenters. The minimum atomic E-state index is -2.87. The largest absolute Gasteiger partial charge is 0.435 e. The molecule has 2 rings (SSSR count). The van der Waals surface area contributed by atoms with Crippen LogP contribution in [-0.4, -0.2) is 11.7 Å². The van der Waals surface area contributed by atoms with Crippen molar-refractivity contribution in [1.82, 2.24) is 0 Å². The number of benzene rings is 2. The molecule has 1 unspecified atom stereocenters. The van der Waals surface area contributed by atoms with Crippen molar-refractivity contribution < 1.29 is 18.6 Å². The molecule has 19 heavy (non-hydrogen) atoms. The van der Waals surface area contributed by atoms with Crippen LogP contribution in [0.2, 0.25) is 0 Å². The third kappa shape index (κ3) is 3.51. The minimum absolute atomic E-state index is 0.0404. The highest BCUT2D eigenvalue weighted by Crippen LogP contribution is 2.25. The van der Waals surface area contributed by atoms with Crippen molar-refractivity contribution in [2.75, 3.05) is 0 Å². The Morgan fingerprint density at radius 1 is 1.00 bits per heavy atom. The van der Waals surface area contributed by atoms with Gasteiger partial charge in [0.15, 0.2) is 0 Å². The van der Waals surface area contributed by atoms with E-state index in [0.29, 0.717) is 11.1 Å². The molecule has 4 heteroatoms. The van der Waals surface area contributed by atoms with Crippen molar-refractivity contribution in [3.8, 4) is 5.75 Å². The van der Waals surface area contributed by atoms with Gasteiger partial charge in [0.25, 0.3) is 0 Å². The normalized spacial score (nSPS) is 12.5. The first kappa shape index (κ1) is 13.5. The Morgan fingerprint density at radius 2 is 1.68 bits per heavy atom. The molecule has 0 bridgehead atoms. The predicted molar refractivity (Wildman–Crippen MR) is 68.3 cm³/mol. The van der Waals surface area contributed by atoms with Gasteiger partial charge in [0.1, 0.15) is 11.9 Å². The summed E-state index contributed by atoms with van der Waals surface area (Å²) in [5, 5.41) is 10.2. The first-order chi connectivity index (χ1) is 9.06. The molecule has 0 spiro atoms. The summed E-state index contributed by atoms with van der Waals surface area (Å²) in [6, 6.07) is 13.5. The second-order valence-electron chi connectivity index (χ2n) is 4.26. The molecule has 0 amide bonds. The Hall–Kier alpha value is -1.94. The van der Waals surface area contributed by atoms with Crippen molar-refractivity contribution in [2.45, 2.75) is 19.6 Å². The molecule has 0 fully saturated rings. The van der Waals surface area contributed by atoms with Gasteiger partial charge in [0, 0.05) is 0 Å². The molecule has 0 aliphatic heterocycles. The number of halogens is 2. The van der Waals surface area contributed by atoms with Crippen LogP contribution in [0.25, 0.3) is 0 Å². The van der Waals surface area contributed by atoms with E-state index in [9.17, 15) is 13.9 Å². The predicted octanol–water partition coefficient (Wildman–Crippen LogP) is 3.68. The highest BCUT2D eigenvalue weighted by molar-refractivity contribution is 5.36. The van der Waals surface area contributed by atoms with Crippen molar-refractivity contribution in [2.24, 2.45) is 0 Å². The van der Waals surface area contributed by atoms with E-state index in [1.54, 1.807) is 24.3 Å². The highest BCUT2D eigenvalue weighted by atomic mass is 19.3. The smallest absolute Gasteiger partial charge is 0.387 e. The number of ether oxygens (including phenoxy) is 1. The maximum absolute atomic E-state index is 12.1. The zero-order chi connectivity index (χ0) is 13.8. The fraction of sp³-hybridized carbons (Fsp3) is 0.200. The maximum atomic E-state index is 12.1. The number of rotatable bonds is 4. The summed E-state index contributed by atoms with van der Waals surface area (Å²) < 4.78 is 28.6. The Kier molecular flexibility index (Phi) is 4.12. The van der Waals surface area contributed by atoms with Gasteiger partial charge >= 0.3 is 6.61 Å². The molecule has 2 nitrogen and oxygen atoms in total. The van der Waals surface area contributed by atoms with E-state index in [0.717, 1.165) is 5.56 Å². The quantitative estimate of drug-likeness (QED) is 0.912. The van der Waals surface area contributed by atoms with E-state index in [1.807, 2.05) is 19.1 Å². The second-order valence-corrected chi connectivity index (χ2v) is 4.26. The maximum Gasteiger partial charge on any atom is 0.387 e. The van der Waals surface area contributed by atoms with Crippen LogP contribution < -0.4 is 4.74 Å². The Labute approximate surface area is 110 Å². The molecule has 0 saturated heterocycles. The summed E-state index contributed by atoms with van der Waals surface area (Å²) in [4.78, 5) is 0. The number of aliphatic hydroxyl groups excluding tert-OH is 1. The lowest BCUT2D eigenvalue weighted by Crippen LogP contribution is -2.04. The number of hydrogen-bond donors (Lipinski definition) is 1. The molecule has 0 aliphatic rings. The molecule has 0 heterocycles. The van der Waals surface area contributed by atoms with Crippen LogP contribution in [0.1, 0.15) is 22.8 Å². The monoisotopic (exact) mass is 264 g/mol. The van der Waals surface area contributed by atoms with Crippen LogP contribution in [-0.2, 0) is 0 Å². The average molecular weight is 264 g/mol. The van der Waals surface area contributed by atoms with Crippen LogP contribution in [0.4, 0.5) is 8.78 Å². The fourth-order valence-electron chi connectivity index (χ4n) is 1.80. The second kappa shape index (κ2) is 5.80. The van der Waals surface area contributed by atoms with Crippen molar-refractivity contribution in [1.29, 1.82) is 0 Å². The SMILES string of the molecule is Cc1ccc(C(O)c2cccc(OC(F)F)c2)cc1. The summed E-state index contributed by atoms with van der Waals surface area (Å²) in [5.41, 5.74) is 2.31. The summed E-state index contributed by atoms with van der Waals surface area (Å²) >= 11 is 0. The topological polar surface area (TPSA) is 29.5 Å². The van der Waals surface area contributed by atoms with E-state index in [4.69, 9.17) is 0 Å². The fourth-order valence-corrected chi connectivity index (χ4v) is 1.80.